The first-order chi connectivity index (χ1) is 7.96. The monoisotopic (exact) mass is 313 g/mol. The molecule has 0 bridgehead atoms. The Morgan fingerprint density at radius 1 is 1.24 bits per heavy atom. The Morgan fingerprint density at radius 2 is 1.71 bits per heavy atom. The number of rotatable bonds is 3. The second-order valence-electron chi connectivity index (χ2n) is 3.99. The van der Waals surface area contributed by atoms with Gasteiger partial charge in [0.25, 0.3) is 0 Å². The number of alkyl halides is 3. The van der Waals surface area contributed by atoms with Crippen molar-refractivity contribution in [2.75, 3.05) is 5.88 Å². The van der Waals surface area contributed by atoms with Gasteiger partial charge in [0.15, 0.2) is 3.67 Å². The molecule has 17 heavy (non-hydrogen) atoms. The molecule has 1 heterocycles. The van der Waals surface area contributed by atoms with Crippen molar-refractivity contribution in [1.29, 1.82) is 0 Å². The van der Waals surface area contributed by atoms with E-state index >= 15 is 0 Å². The number of allylic oxidation sites excluding steroid dienone is 2. The predicted octanol–water partition coefficient (Wildman–Crippen LogP) is 2.96. The van der Waals surface area contributed by atoms with Gasteiger partial charge in [-0.15, -0.1) is 11.6 Å². The Bertz CT molecular complexity index is 360. The first-order valence-electron chi connectivity index (χ1n) is 5.12. The summed E-state index contributed by atoms with van der Waals surface area (Å²) in [5.41, 5.74) is 0. The van der Waals surface area contributed by atoms with Crippen molar-refractivity contribution in [3.63, 3.8) is 0 Å². The van der Waals surface area contributed by atoms with Crippen LogP contribution in [0.15, 0.2) is 12.2 Å². The minimum atomic E-state index is -1.35. The molecule has 0 radical (unpaired) electrons. The van der Waals surface area contributed by atoms with E-state index in [1.54, 1.807) is 0 Å². The number of fused-ring (bicyclic) bond motifs is 1. The van der Waals surface area contributed by atoms with Gasteiger partial charge >= 0.3 is 0 Å². The number of nitrogens with zero attached hydrogens (tertiary/aromatic N) is 1. The summed E-state index contributed by atoms with van der Waals surface area (Å²) < 4.78 is -0.279. The number of hydrogen-bond donors (Lipinski definition) is 0. The van der Waals surface area contributed by atoms with Gasteiger partial charge in [0.05, 0.1) is 17.7 Å². The molecule has 0 aromatic heterocycles. The van der Waals surface area contributed by atoms with Crippen molar-refractivity contribution in [3.8, 4) is 0 Å². The van der Waals surface area contributed by atoms with Crippen molar-refractivity contribution in [2.45, 2.75) is 16.5 Å². The highest BCUT2D eigenvalue weighted by atomic mass is 35.5. The molecule has 3 nitrogen and oxygen atoms in total. The summed E-state index contributed by atoms with van der Waals surface area (Å²) >= 11 is 18.1. The van der Waals surface area contributed by atoms with E-state index in [4.69, 9.17) is 34.8 Å². The van der Waals surface area contributed by atoms with Gasteiger partial charge < -0.3 is 0 Å². The van der Waals surface area contributed by atoms with Gasteiger partial charge in [-0.25, -0.2) is 4.31 Å². The lowest BCUT2D eigenvalue weighted by molar-refractivity contribution is -0.133. The van der Waals surface area contributed by atoms with Gasteiger partial charge in [-0.3, -0.25) is 9.59 Å². The first-order valence-corrected chi connectivity index (χ1v) is 7.18. The summed E-state index contributed by atoms with van der Waals surface area (Å²) in [7, 11) is 0. The smallest absolute Gasteiger partial charge is 0.243 e. The highest BCUT2D eigenvalue weighted by molar-refractivity contribution is 8.02. The molecule has 0 N–H and O–H groups in total. The van der Waals surface area contributed by atoms with E-state index in [-0.39, 0.29) is 29.5 Å². The average Bonchev–Trinajstić information content (AvgIpc) is 2.55. The number of imide groups is 1. The van der Waals surface area contributed by atoms with Crippen LogP contribution in [0.25, 0.3) is 0 Å². The van der Waals surface area contributed by atoms with Gasteiger partial charge in [-0.1, -0.05) is 35.4 Å². The van der Waals surface area contributed by atoms with Crippen LogP contribution in [-0.4, -0.2) is 25.7 Å². The average molecular weight is 315 g/mol. The largest absolute Gasteiger partial charge is 0.273 e. The quantitative estimate of drug-likeness (QED) is 0.348. The lowest BCUT2D eigenvalue weighted by atomic mass is 9.85. The third-order valence-corrected chi connectivity index (χ3v) is 5.32. The zero-order valence-electron chi connectivity index (χ0n) is 8.74. The molecule has 0 spiro atoms. The van der Waals surface area contributed by atoms with Gasteiger partial charge in [0.1, 0.15) is 0 Å². The Kier molecular flexibility index (Phi) is 3.98. The van der Waals surface area contributed by atoms with Gasteiger partial charge in [-0.05, 0) is 12.8 Å². The highest BCUT2D eigenvalue weighted by Crippen LogP contribution is 2.45. The molecule has 0 aromatic rings. The molecule has 2 atom stereocenters. The lowest BCUT2D eigenvalue weighted by Crippen LogP contribution is -2.29. The van der Waals surface area contributed by atoms with E-state index in [1.807, 2.05) is 12.2 Å². The molecule has 0 saturated carbocycles. The lowest BCUT2D eigenvalue weighted by Gasteiger charge is -2.21. The van der Waals surface area contributed by atoms with E-state index in [0.717, 1.165) is 16.3 Å². The molecule has 1 aliphatic carbocycles. The van der Waals surface area contributed by atoms with E-state index in [9.17, 15) is 9.59 Å². The molecule has 1 fully saturated rings. The van der Waals surface area contributed by atoms with Gasteiger partial charge in [-0.2, -0.15) is 0 Å². The molecule has 94 valence electrons. The van der Waals surface area contributed by atoms with E-state index < -0.39 is 3.67 Å². The summed E-state index contributed by atoms with van der Waals surface area (Å²) in [6.07, 6.45) is 5.06. The number of hydrogen-bond acceptors (Lipinski definition) is 3. The summed E-state index contributed by atoms with van der Waals surface area (Å²) in [5.74, 6) is -1.03. The van der Waals surface area contributed by atoms with Crippen molar-refractivity contribution in [2.24, 2.45) is 11.8 Å². The summed E-state index contributed by atoms with van der Waals surface area (Å²) in [5, 5.41) is 0. The third kappa shape index (κ3) is 2.60. The fourth-order valence-corrected chi connectivity index (χ4v) is 3.34. The molecule has 1 saturated heterocycles. The maximum atomic E-state index is 12.0. The minimum Gasteiger partial charge on any atom is -0.273 e. The maximum Gasteiger partial charge on any atom is 0.243 e. The van der Waals surface area contributed by atoms with Crippen LogP contribution in [0.4, 0.5) is 0 Å². The van der Waals surface area contributed by atoms with Crippen LogP contribution >= 0.6 is 46.8 Å². The minimum absolute atomic E-state index is 0.0641. The molecule has 0 aromatic carbocycles. The van der Waals surface area contributed by atoms with Crippen LogP contribution in [0, 0.1) is 11.8 Å². The normalized spacial score (nSPS) is 28.8. The van der Waals surface area contributed by atoms with Crippen molar-refractivity contribution in [1.82, 2.24) is 4.31 Å². The molecule has 2 aliphatic rings. The number of halogens is 3. The second kappa shape index (κ2) is 5.00. The highest BCUT2D eigenvalue weighted by Gasteiger charge is 2.50. The first kappa shape index (κ1) is 13.5. The molecule has 1 aliphatic heterocycles. The standard InChI is InChI=1S/C10H10Cl3NO2S/c11-5-10(12,13)17-14-8(15)6-3-1-2-4-7(6)9(14)16/h1-2,6-7H,3-5H2. The van der Waals surface area contributed by atoms with E-state index in [2.05, 4.69) is 0 Å². The number of carbonyl (C=O) groups excluding carboxylic acids is 2. The molecular formula is C10H10Cl3NO2S. The predicted molar refractivity (Wildman–Crippen MR) is 70.0 cm³/mol. The fourth-order valence-electron chi connectivity index (χ4n) is 2.02. The number of amides is 2. The topological polar surface area (TPSA) is 37.4 Å². The third-order valence-electron chi connectivity index (χ3n) is 2.85. The molecular weight excluding hydrogens is 305 g/mol. The van der Waals surface area contributed by atoms with Crippen LogP contribution in [0.1, 0.15) is 12.8 Å². The Labute approximate surface area is 119 Å². The van der Waals surface area contributed by atoms with Crippen LogP contribution in [0.5, 0.6) is 0 Å². The zero-order valence-corrected chi connectivity index (χ0v) is 11.8. The Balaban J connectivity index is 2.16. The van der Waals surface area contributed by atoms with Gasteiger partial charge in [0, 0.05) is 11.9 Å². The number of carbonyl (C=O) groups is 2. The summed E-state index contributed by atoms with van der Waals surface area (Å²) in [4.78, 5) is 24.1. The van der Waals surface area contributed by atoms with Crippen molar-refractivity contribution < 1.29 is 9.59 Å². The van der Waals surface area contributed by atoms with Crippen LogP contribution in [0.2, 0.25) is 0 Å². The van der Waals surface area contributed by atoms with Crippen LogP contribution < -0.4 is 0 Å². The van der Waals surface area contributed by atoms with E-state index in [1.165, 1.54) is 0 Å². The Morgan fingerprint density at radius 3 is 2.12 bits per heavy atom. The van der Waals surface area contributed by atoms with E-state index in [0.29, 0.717) is 12.8 Å². The van der Waals surface area contributed by atoms with Crippen molar-refractivity contribution >= 4 is 58.6 Å². The second-order valence-corrected chi connectivity index (χ2v) is 7.43. The summed E-state index contributed by atoms with van der Waals surface area (Å²) in [6, 6.07) is 0. The van der Waals surface area contributed by atoms with Gasteiger partial charge in [0.2, 0.25) is 11.8 Å². The molecule has 7 heteroatoms. The Hall–Kier alpha value is 0.1000. The maximum absolute atomic E-state index is 12.0. The molecule has 2 rings (SSSR count). The fraction of sp³-hybridized carbons (Fsp3) is 0.600. The zero-order chi connectivity index (χ0) is 12.6. The van der Waals surface area contributed by atoms with Crippen molar-refractivity contribution in [3.05, 3.63) is 12.2 Å². The summed E-state index contributed by atoms with van der Waals surface area (Å²) in [6.45, 7) is 0. The SMILES string of the molecule is O=C1C2CC=CCC2C(=O)N1SC(Cl)(Cl)CCl. The van der Waals surface area contributed by atoms with Crippen LogP contribution in [0.3, 0.4) is 0 Å². The molecule has 2 unspecified atom stereocenters. The van der Waals surface area contributed by atoms with Crippen LogP contribution in [-0.2, 0) is 9.59 Å². The molecule has 2 amide bonds.